The molecule has 9 nitrogen and oxygen atoms in total. The van der Waals surface area contributed by atoms with Gasteiger partial charge in [-0.2, -0.15) is 4.40 Å². The highest BCUT2D eigenvalue weighted by atomic mass is 35.7. The van der Waals surface area contributed by atoms with E-state index in [1.54, 1.807) is 0 Å². The molecule has 0 atom stereocenters. The monoisotopic (exact) mass is 419 g/mol. The lowest BCUT2D eigenvalue weighted by atomic mass is 10.1. The van der Waals surface area contributed by atoms with Gasteiger partial charge in [-0.1, -0.05) is 18.2 Å². The van der Waals surface area contributed by atoms with Crippen molar-refractivity contribution >= 4 is 33.9 Å². The normalized spacial score (nSPS) is 11.4. The summed E-state index contributed by atoms with van der Waals surface area (Å²) in [5.74, 6) is 0.642. The summed E-state index contributed by atoms with van der Waals surface area (Å²) < 4.78 is 43.2. The third-order valence-corrected chi connectivity index (χ3v) is 4.30. The number of carbonyl (C=O) groups is 1. The van der Waals surface area contributed by atoms with E-state index in [9.17, 15) is 4.79 Å². The van der Waals surface area contributed by atoms with E-state index >= 15 is 0 Å². The molecule has 0 spiro atoms. The molecule has 4 rings (SSSR count). The lowest BCUT2D eigenvalue weighted by molar-refractivity contribution is -2.00. The molecule has 0 fully saturated rings. The number of anilines is 1. The molecule has 0 aliphatic heterocycles. The van der Waals surface area contributed by atoms with Gasteiger partial charge < -0.3 is 4.74 Å². The SMILES string of the molecule is COC(=O)c1cccc2ccc3c4cccc[n+]4c(N(C)C)n3c12.[O-][Cl+3]([O-])([O-])[O-]. The molecule has 29 heavy (non-hydrogen) atoms. The van der Waals surface area contributed by atoms with Crippen molar-refractivity contribution in [2.75, 3.05) is 26.1 Å². The van der Waals surface area contributed by atoms with E-state index in [4.69, 9.17) is 23.4 Å². The molecule has 0 amide bonds. The van der Waals surface area contributed by atoms with Gasteiger partial charge in [-0.25, -0.2) is 27.8 Å². The smallest absolute Gasteiger partial charge is 0.369 e. The van der Waals surface area contributed by atoms with Crippen molar-refractivity contribution in [2.45, 2.75) is 0 Å². The molecule has 0 saturated carbocycles. The summed E-state index contributed by atoms with van der Waals surface area (Å²) in [7, 11) is 0.469. The number of esters is 1. The fraction of sp³-hybridized carbons (Fsp3) is 0.158. The Morgan fingerprint density at radius 1 is 1.03 bits per heavy atom. The number of para-hydroxylation sites is 1. The van der Waals surface area contributed by atoms with E-state index in [0.29, 0.717) is 5.56 Å². The van der Waals surface area contributed by atoms with Crippen LogP contribution < -0.4 is 27.9 Å². The predicted molar refractivity (Wildman–Crippen MR) is 93.7 cm³/mol. The van der Waals surface area contributed by atoms with Gasteiger partial charge in [-0.05, 0) is 30.3 Å². The summed E-state index contributed by atoms with van der Waals surface area (Å²) in [4.78, 5) is 14.4. The van der Waals surface area contributed by atoms with Gasteiger partial charge in [0.05, 0.1) is 33.0 Å². The number of rotatable bonds is 2. The van der Waals surface area contributed by atoms with Gasteiger partial charge in [0.25, 0.3) is 0 Å². The van der Waals surface area contributed by atoms with Crippen molar-refractivity contribution in [1.29, 1.82) is 0 Å². The van der Waals surface area contributed by atoms with Crippen molar-refractivity contribution in [1.82, 2.24) is 4.40 Å². The van der Waals surface area contributed by atoms with Gasteiger partial charge in [0.1, 0.15) is 16.6 Å². The molecule has 3 heterocycles. The van der Waals surface area contributed by atoms with Crippen LogP contribution in [0.3, 0.4) is 0 Å². The number of halogens is 1. The van der Waals surface area contributed by atoms with Gasteiger partial charge in [0, 0.05) is 5.39 Å². The quantitative estimate of drug-likeness (QED) is 0.269. The molecule has 0 unspecified atom stereocenters. The third-order valence-electron chi connectivity index (χ3n) is 4.30. The zero-order valence-electron chi connectivity index (χ0n) is 15.9. The van der Waals surface area contributed by atoms with Gasteiger partial charge in [0.2, 0.25) is 0 Å². The Hall–Kier alpha value is -2.95. The molecule has 10 heteroatoms. The molecule has 0 N–H and O–H groups in total. The number of nitrogens with zero attached hydrogens (tertiary/aromatic N) is 3. The number of fused-ring (bicyclic) bond motifs is 5. The summed E-state index contributed by atoms with van der Waals surface area (Å²) in [6, 6.07) is 15.9. The zero-order chi connectivity index (χ0) is 21.3. The van der Waals surface area contributed by atoms with Crippen molar-refractivity contribution in [3.05, 3.63) is 60.3 Å². The van der Waals surface area contributed by atoms with Gasteiger partial charge >= 0.3 is 11.9 Å². The summed E-state index contributed by atoms with van der Waals surface area (Å²) >= 11 is 0. The van der Waals surface area contributed by atoms with Crippen LogP contribution in [0.2, 0.25) is 0 Å². The molecular weight excluding hydrogens is 402 g/mol. The van der Waals surface area contributed by atoms with Crippen LogP contribution in [-0.4, -0.2) is 31.6 Å². The van der Waals surface area contributed by atoms with E-state index < -0.39 is 10.2 Å². The first-order chi connectivity index (χ1) is 13.6. The first-order valence-corrected chi connectivity index (χ1v) is 9.61. The fourth-order valence-corrected chi connectivity index (χ4v) is 3.34. The number of imidazole rings is 1. The first kappa shape index (κ1) is 20.8. The average molecular weight is 420 g/mol. The number of methoxy groups -OCH3 is 1. The van der Waals surface area contributed by atoms with E-state index in [1.165, 1.54) is 7.11 Å². The Morgan fingerprint density at radius 3 is 2.34 bits per heavy atom. The second-order valence-electron chi connectivity index (χ2n) is 6.32. The molecular formula is C19H18ClN3O6. The predicted octanol–water partition coefficient (Wildman–Crippen LogP) is -2.07. The molecule has 0 aliphatic carbocycles. The van der Waals surface area contributed by atoms with E-state index in [0.717, 1.165) is 27.9 Å². The third kappa shape index (κ3) is 4.09. The summed E-state index contributed by atoms with van der Waals surface area (Å²) in [6.07, 6.45) is 2.03. The largest absolute Gasteiger partial charge is 0.465 e. The van der Waals surface area contributed by atoms with Gasteiger partial charge in [0.15, 0.2) is 0 Å². The molecule has 3 aromatic heterocycles. The van der Waals surface area contributed by atoms with Crippen LogP contribution in [0, 0.1) is 10.2 Å². The van der Waals surface area contributed by atoms with Crippen molar-refractivity contribution in [3.8, 4) is 0 Å². The van der Waals surface area contributed by atoms with Gasteiger partial charge in [-0.3, -0.25) is 4.90 Å². The van der Waals surface area contributed by atoms with E-state index in [1.807, 2.05) is 61.6 Å². The minimum Gasteiger partial charge on any atom is -0.465 e. The first-order valence-electron chi connectivity index (χ1n) is 8.37. The Balaban J connectivity index is 0.000000431. The van der Waals surface area contributed by atoms with Gasteiger partial charge in [-0.15, -0.1) is 10.2 Å². The number of pyridine rings is 2. The molecule has 0 bridgehead atoms. The molecule has 0 saturated heterocycles. The summed E-state index contributed by atoms with van der Waals surface area (Å²) in [5, 5.41) is 0.995. The van der Waals surface area contributed by atoms with Crippen molar-refractivity contribution < 1.29 is 42.8 Å². The van der Waals surface area contributed by atoms with Crippen molar-refractivity contribution in [3.63, 3.8) is 0 Å². The van der Waals surface area contributed by atoms with E-state index in [-0.39, 0.29) is 5.97 Å². The maximum Gasteiger partial charge on any atom is 0.369 e. The van der Waals surface area contributed by atoms with Crippen LogP contribution in [0.4, 0.5) is 5.95 Å². The number of carbonyl (C=O) groups excluding carboxylic acids is 1. The molecule has 1 aromatic carbocycles. The minimum absolute atomic E-state index is 0.333. The zero-order valence-corrected chi connectivity index (χ0v) is 16.6. The van der Waals surface area contributed by atoms with Crippen LogP contribution in [-0.2, 0) is 4.74 Å². The minimum atomic E-state index is -4.94. The maximum absolute atomic E-state index is 12.3. The van der Waals surface area contributed by atoms with Crippen molar-refractivity contribution in [2.24, 2.45) is 0 Å². The lowest BCUT2D eigenvalue weighted by Gasteiger charge is -2.17. The number of ether oxygens (including phenoxy) is 1. The second-order valence-corrected chi connectivity index (χ2v) is 7.07. The summed E-state index contributed by atoms with van der Waals surface area (Å²) in [6.45, 7) is 0. The maximum atomic E-state index is 12.3. The standard InChI is InChI=1S/C19H18N3O2.ClHO4/c1-20(2)19-21-12-5-4-9-15(21)16-11-10-13-7-6-8-14(18(23)24-3)17(13)22(16)19;2-1(3,4)5/h4-12H,1-3H3;(H,2,3,4,5)/q+1;/p-1. The molecule has 152 valence electrons. The second kappa shape index (κ2) is 7.82. The van der Waals surface area contributed by atoms with Crippen LogP contribution in [0.15, 0.2) is 54.7 Å². The lowest BCUT2D eigenvalue weighted by Crippen LogP contribution is -2.68. The average Bonchev–Trinajstić information content (AvgIpc) is 3.00. The molecule has 4 aromatic rings. The van der Waals surface area contributed by atoms with Crippen LogP contribution in [0.5, 0.6) is 0 Å². The highest BCUT2D eigenvalue weighted by Gasteiger charge is 2.25. The Labute approximate surface area is 167 Å². The number of aromatic nitrogens is 2. The Bertz CT molecular complexity index is 1190. The molecule has 0 aliphatic rings. The summed E-state index contributed by atoms with van der Waals surface area (Å²) in [5.41, 5.74) is 3.55. The highest BCUT2D eigenvalue weighted by molar-refractivity contribution is 6.04. The topological polar surface area (TPSA) is 130 Å². The van der Waals surface area contributed by atoms with Crippen LogP contribution in [0.25, 0.3) is 21.9 Å². The van der Waals surface area contributed by atoms with Crippen LogP contribution >= 0.6 is 0 Å². The Morgan fingerprint density at radius 2 is 1.72 bits per heavy atom. The number of hydrogen-bond donors (Lipinski definition) is 0. The van der Waals surface area contributed by atoms with E-state index in [2.05, 4.69) is 20.9 Å². The fourth-order valence-electron chi connectivity index (χ4n) is 3.34. The highest BCUT2D eigenvalue weighted by Crippen LogP contribution is 2.27. The van der Waals surface area contributed by atoms with Crippen LogP contribution in [0.1, 0.15) is 10.4 Å². The Kier molecular flexibility index (Phi) is 5.60. The number of benzene rings is 1. The number of hydrogen-bond acceptors (Lipinski definition) is 7. The molecule has 0 radical (unpaired) electrons.